The molecular weight excluding hydrogens is 380 g/mol. The lowest BCUT2D eigenvalue weighted by molar-refractivity contribution is 0.0728. The first kappa shape index (κ1) is 21.2. The minimum absolute atomic E-state index is 0.152. The van der Waals surface area contributed by atoms with E-state index in [1.807, 2.05) is 44.2 Å². The highest BCUT2D eigenvalue weighted by atomic mass is 16.5. The van der Waals surface area contributed by atoms with Crippen molar-refractivity contribution >= 4 is 11.8 Å². The Balaban J connectivity index is 1.72. The Morgan fingerprint density at radius 2 is 1.93 bits per heavy atom. The first-order chi connectivity index (χ1) is 14.5. The molecule has 1 aromatic carbocycles. The number of carbonyl (C=O) groups is 2. The van der Waals surface area contributed by atoms with E-state index in [9.17, 15) is 9.59 Å². The first-order valence-corrected chi connectivity index (χ1v) is 10.00. The number of benzene rings is 1. The summed E-state index contributed by atoms with van der Waals surface area (Å²) in [6.07, 6.45) is 3.87. The predicted octanol–water partition coefficient (Wildman–Crippen LogP) is 3.34. The number of nitrogens with zero attached hydrogens (tertiary/aromatic N) is 3. The van der Waals surface area contributed by atoms with Gasteiger partial charge in [-0.15, -0.1) is 0 Å². The molecular formula is C23H26N4O3. The van der Waals surface area contributed by atoms with Gasteiger partial charge in [0.15, 0.2) is 11.5 Å². The van der Waals surface area contributed by atoms with Crippen molar-refractivity contribution in [2.45, 2.75) is 26.8 Å². The lowest BCUT2D eigenvalue weighted by Crippen LogP contribution is -2.32. The summed E-state index contributed by atoms with van der Waals surface area (Å²) in [4.78, 5) is 30.9. The van der Waals surface area contributed by atoms with E-state index in [4.69, 9.17) is 4.52 Å². The highest BCUT2D eigenvalue weighted by molar-refractivity contribution is 5.94. The maximum Gasteiger partial charge on any atom is 0.273 e. The lowest BCUT2D eigenvalue weighted by Gasteiger charge is -2.21. The van der Waals surface area contributed by atoms with Gasteiger partial charge in [0.1, 0.15) is 0 Å². The molecule has 0 aliphatic carbocycles. The summed E-state index contributed by atoms with van der Waals surface area (Å²) in [7, 11) is 0. The van der Waals surface area contributed by atoms with Crippen LogP contribution in [0.5, 0.6) is 0 Å². The molecule has 2 aromatic heterocycles. The first-order valence-electron chi connectivity index (χ1n) is 10.00. The van der Waals surface area contributed by atoms with E-state index in [1.54, 1.807) is 35.5 Å². The summed E-state index contributed by atoms with van der Waals surface area (Å²) in [5, 5.41) is 6.67. The van der Waals surface area contributed by atoms with Crippen molar-refractivity contribution in [3.63, 3.8) is 0 Å². The zero-order valence-electron chi connectivity index (χ0n) is 17.2. The number of hydrogen-bond acceptors (Lipinski definition) is 5. The molecule has 30 heavy (non-hydrogen) atoms. The molecule has 156 valence electrons. The van der Waals surface area contributed by atoms with Crippen LogP contribution in [0.15, 0.2) is 65.4 Å². The maximum atomic E-state index is 13.0. The quantitative estimate of drug-likeness (QED) is 0.589. The minimum Gasteiger partial charge on any atom is -0.359 e. The van der Waals surface area contributed by atoms with Crippen LogP contribution in [-0.4, -0.2) is 39.9 Å². The fraction of sp³-hybridized carbons (Fsp3) is 0.304. The van der Waals surface area contributed by atoms with Gasteiger partial charge in [0, 0.05) is 31.5 Å². The molecule has 0 saturated heterocycles. The van der Waals surface area contributed by atoms with Crippen LogP contribution in [0.1, 0.15) is 46.0 Å². The average Bonchev–Trinajstić information content (AvgIpc) is 3.24. The van der Waals surface area contributed by atoms with Crippen molar-refractivity contribution < 1.29 is 14.1 Å². The van der Waals surface area contributed by atoms with Gasteiger partial charge in [-0.25, -0.2) is 0 Å². The van der Waals surface area contributed by atoms with E-state index < -0.39 is 0 Å². The Morgan fingerprint density at radius 1 is 1.13 bits per heavy atom. The largest absolute Gasteiger partial charge is 0.359 e. The van der Waals surface area contributed by atoms with Crippen molar-refractivity contribution in [2.75, 3.05) is 13.1 Å². The van der Waals surface area contributed by atoms with Crippen molar-refractivity contribution in [3.8, 4) is 0 Å². The van der Waals surface area contributed by atoms with Crippen molar-refractivity contribution in [2.24, 2.45) is 5.92 Å². The summed E-state index contributed by atoms with van der Waals surface area (Å²) in [6.45, 7) is 5.30. The van der Waals surface area contributed by atoms with E-state index >= 15 is 0 Å². The molecule has 3 rings (SSSR count). The molecule has 0 bridgehead atoms. The SMILES string of the molecule is CC(C)CNC(=O)c1cc(CN(CCc2ccccc2)C(=O)c2cccnc2)on1. The van der Waals surface area contributed by atoms with Crippen LogP contribution in [-0.2, 0) is 13.0 Å². The van der Waals surface area contributed by atoms with Crippen molar-refractivity contribution in [3.05, 3.63) is 83.5 Å². The van der Waals surface area contributed by atoms with Gasteiger partial charge in [0.25, 0.3) is 11.8 Å². The Morgan fingerprint density at radius 3 is 2.63 bits per heavy atom. The number of aromatic nitrogens is 2. The molecule has 7 nitrogen and oxygen atoms in total. The zero-order chi connectivity index (χ0) is 21.3. The normalized spacial score (nSPS) is 10.8. The molecule has 7 heteroatoms. The Labute approximate surface area is 176 Å². The van der Waals surface area contributed by atoms with E-state index in [0.29, 0.717) is 36.8 Å². The highest BCUT2D eigenvalue weighted by Gasteiger charge is 2.20. The number of carbonyl (C=O) groups excluding carboxylic acids is 2. The van der Waals surface area contributed by atoms with E-state index in [-0.39, 0.29) is 24.1 Å². The van der Waals surface area contributed by atoms with Gasteiger partial charge in [-0.3, -0.25) is 14.6 Å². The maximum absolute atomic E-state index is 13.0. The van der Waals surface area contributed by atoms with E-state index in [0.717, 1.165) is 5.56 Å². The van der Waals surface area contributed by atoms with E-state index in [2.05, 4.69) is 15.5 Å². The Bertz CT molecular complexity index is 955. The molecule has 0 aliphatic rings. The van der Waals surface area contributed by atoms with Crippen LogP contribution in [0, 0.1) is 5.92 Å². The number of hydrogen-bond donors (Lipinski definition) is 1. The van der Waals surface area contributed by atoms with Gasteiger partial charge in [0.05, 0.1) is 12.1 Å². The molecule has 2 heterocycles. The van der Waals surface area contributed by atoms with Gasteiger partial charge >= 0.3 is 0 Å². The summed E-state index contributed by atoms with van der Waals surface area (Å²) in [5.41, 5.74) is 1.84. The van der Waals surface area contributed by atoms with Crippen LogP contribution in [0.2, 0.25) is 0 Å². The van der Waals surface area contributed by atoms with Crippen LogP contribution >= 0.6 is 0 Å². The summed E-state index contributed by atoms with van der Waals surface area (Å²) in [6, 6.07) is 15.0. The predicted molar refractivity (Wildman–Crippen MR) is 113 cm³/mol. The molecule has 0 fully saturated rings. The fourth-order valence-corrected chi connectivity index (χ4v) is 2.90. The monoisotopic (exact) mass is 406 g/mol. The highest BCUT2D eigenvalue weighted by Crippen LogP contribution is 2.13. The number of pyridine rings is 1. The second-order valence-corrected chi connectivity index (χ2v) is 7.49. The van der Waals surface area contributed by atoms with Crippen LogP contribution in [0.4, 0.5) is 0 Å². The van der Waals surface area contributed by atoms with Gasteiger partial charge in [0.2, 0.25) is 0 Å². The smallest absolute Gasteiger partial charge is 0.273 e. The third-order valence-electron chi connectivity index (χ3n) is 4.52. The van der Waals surface area contributed by atoms with Gasteiger partial charge < -0.3 is 14.7 Å². The zero-order valence-corrected chi connectivity index (χ0v) is 17.2. The summed E-state index contributed by atoms with van der Waals surface area (Å²) < 4.78 is 5.34. The standard InChI is InChI=1S/C23H26N4O3/c1-17(2)14-25-22(28)21-13-20(30-26-21)16-27(12-10-18-7-4-3-5-8-18)23(29)19-9-6-11-24-15-19/h3-9,11,13,15,17H,10,12,14,16H2,1-2H3,(H,25,28). The average molecular weight is 406 g/mol. The molecule has 0 saturated carbocycles. The molecule has 0 aliphatic heterocycles. The number of nitrogens with one attached hydrogen (secondary N) is 1. The second kappa shape index (κ2) is 10.3. The lowest BCUT2D eigenvalue weighted by atomic mass is 10.1. The molecule has 0 radical (unpaired) electrons. The number of rotatable bonds is 9. The topological polar surface area (TPSA) is 88.3 Å². The fourth-order valence-electron chi connectivity index (χ4n) is 2.90. The van der Waals surface area contributed by atoms with Crippen molar-refractivity contribution in [1.29, 1.82) is 0 Å². The third kappa shape index (κ3) is 6.01. The molecule has 0 spiro atoms. The number of amides is 2. The van der Waals surface area contributed by atoms with Gasteiger partial charge in [-0.05, 0) is 30.0 Å². The third-order valence-corrected chi connectivity index (χ3v) is 4.52. The molecule has 0 unspecified atom stereocenters. The molecule has 2 amide bonds. The summed E-state index contributed by atoms with van der Waals surface area (Å²) >= 11 is 0. The minimum atomic E-state index is -0.284. The molecule has 3 aromatic rings. The summed E-state index contributed by atoms with van der Waals surface area (Å²) in [5.74, 6) is 0.357. The van der Waals surface area contributed by atoms with Crippen molar-refractivity contribution in [1.82, 2.24) is 20.4 Å². The van der Waals surface area contributed by atoms with Crippen LogP contribution in [0.25, 0.3) is 0 Å². The van der Waals surface area contributed by atoms with Gasteiger partial charge in [-0.2, -0.15) is 0 Å². The Hall–Kier alpha value is -3.48. The van der Waals surface area contributed by atoms with E-state index in [1.165, 1.54) is 0 Å². The van der Waals surface area contributed by atoms with Gasteiger partial charge in [-0.1, -0.05) is 49.3 Å². The second-order valence-electron chi connectivity index (χ2n) is 7.49. The molecule has 0 atom stereocenters. The van der Waals surface area contributed by atoms with Crippen LogP contribution < -0.4 is 5.32 Å². The molecule has 1 N–H and O–H groups in total. The van der Waals surface area contributed by atoms with Crippen LogP contribution in [0.3, 0.4) is 0 Å². The Kier molecular flexibility index (Phi) is 7.32.